The fraction of sp³-hybridized carbons (Fsp3) is 1.00. The third-order valence-corrected chi connectivity index (χ3v) is 5.71. The normalized spacial score (nSPS) is 11.7. The van der Waals surface area contributed by atoms with E-state index in [2.05, 4.69) is 21.4 Å². The van der Waals surface area contributed by atoms with Gasteiger partial charge in [0, 0.05) is 44.9 Å². The van der Waals surface area contributed by atoms with Gasteiger partial charge >= 0.3 is 0 Å². The largest absolute Gasteiger partial charge is 0.394 e. The average molecular weight is 817 g/mol. The minimum absolute atomic E-state index is 0.0947. The molecule has 46 heavy (non-hydrogen) atoms. The van der Waals surface area contributed by atoms with Crippen molar-refractivity contribution in [3.63, 3.8) is 0 Å². The molecule has 0 radical (unpaired) electrons. The summed E-state index contributed by atoms with van der Waals surface area (Å²) in [5.74, 6) is 1.74. The molecule has 0 atom stereocenters. The van der Waals surface area contributed by atoms with Crippen molar-refractivity contribution in [2.75, 3.05) is 156 Å². The summed E-state index contributed by atoms with van der Waals surface area (Å²) in [6.07, 6.45) is 0. The molecule has 4 N–H and O–H groups in total. The van der Waals surface area contributed by atoms with E-state index in [1.165, 1.54) is 0 Å². The van der Waals surface area contributed by atoms with Crippen molar-refractivity contribution in [3.05, 3.63) is 0 Å². The Kier molecular flexibility index (Phi) is 46.0. The van der Waals surface area contributed by atoms with Crippen molar-refractivity contribution < 1.29 is 62.5 Å². The fourth-order valence-corrected chi connectivity index (χ4v) is 3.72. The zero-order chi connectivity index (χ0) is 35.2. The lowest BCUT2D eigenvalue weighted by atomic mass is 9.92. The van der Waals surface area contributed by atoms with E-state index in [1.807, 2.05) is 0 Å². The van der Waals surface area contributed by atoms with Gasteiger partial charge in [0.15, 0.2) is 0 Å². The van der Waals surface area contributed by atoms with Gasteiger partial charge in [0.2, 0.25) is 9.23 Å². The Morgan fingerprint density at radius 1 is 0.391 bits per heavy atom. The molecule has 0 aromatic carbocycles. The van der Waals surface area contributed by atoms with Gasteiger partial charge < -0.3 is 58.3 Å². The molecule has 0 spiro atoms. The minimum atomic E-state index is -1.67. The summed E-state index contributed by atoms with van der Waals surface area (Å²) in [4.78, 5) is 0. The van der Waals surface area contributed by atoms with E-state index in [0.29, 0.717) is 76.4 Å². The van der Waals surface area contributed by atoms with E-state index in [9.17, 15) is 0 Å². The van der Waals surface area contributed by atoms with Crippen molar-refractivity contribution in [2.45, 2.75) is 0 Å². The maximum atomic E-state index is 9.09. The van der Waals surface area contributed by atoms with Crippen molar-refractivity contribution in [3.8, 4) is 0 Å². The monoisotopic (exact) mass is 814 g/mol. The SMILES string of the molecule is ClCCOCC(COCCCl)(COCCCl)COCCCl.O=S(Cl)Cl.OCCOCC(COCCO)(COCCO)COCCO. The fourth-order valence-electron chi connectivity index (χ4n) is 3.29. The van der Waals surface area contributed by atoms with Crippen LogP contribution in [0.3, 0.4) is 0 Å². The number of halogens is 6. The van der Waals surface area contributed by atoms with Crippen LogP contribution in [0.4, 0.5) is 0 Å². The van der Waals surface area contributed by atoms with Crippen LogP contribution >= 0.6 is 67.8 Å². The number of alkyl halides is 4. The highest BCUT2D eigenvalue weighted by molar-refractivity contribution is 8.26. The first-order valence-corrected chi connectivity index (χ1v) is 19.2. The molecule has 0 saturated carbocycles. The van der Waals surface area contributed by atoms with Crippen LogP contribution in [0.25, 0.3) is 0 Å². The molecule has 0 rings (SSSR count). The molecule has 0 amide bonds. The second-order valence-electron chi connectivity index (χ2n) is 9.26. The highest BCUT2D eigenvalue weighted by Crippen LogP contribution is 2.22. The summed E-state index contributed by atoms with van der Waals surface area (Å²) in [7, 11) is 7.36. The van der Waals surface area contributed by atoms with Crippen LogP contribution in [0.2, 0.25) is 0 Å². The van der Waals surface area contributed by atoms with E-state index in [-0.39, 0.29) is 79.3 Å². The molecule has 0 aromatic rings. The molecule has 282 valence electrons. The number of rotatable bonds is 32. The van der Waals surface area contributed by atoms with Crippen molar-refractivity contribution in [1.82, 2.24) is 0 Å². The van der Waals surface area contributed by atoms with Crippen LogP contribution in [-0.4, -0.2) is 180 Å². The molecule has 0 unspecified atom stereocenters. The summed E-state index contributed by atoms with van der Waals surface area (Å²) in [6, 6.07) is 0. The van der Waals surface area contributed by atoms with Gasteiger partial charge in [-0.1, -0.05) is 0 Å². The molecule has 0 aliphatic heterocycles. The smallest absolute Gasteiger partial charge is 0.211 e. The molecule has 0 bridgehead atoms. The second kappa shape index (κ2) is 40.8. The van der Waals surface area contributed by atoms with Gasteiger partial charge in [0.05, 0.1) is 143 Å². The first kappa shape index (κ1) is 51.8. The molecular weight excluding hydrogens is 765 g/mol. The molecule has 0 fully saturated rings. The summed E-state index contributed by atoms with van der Waals surface area (Å²) >= 11 is 22.6. The molecule has 0 aliphatic rings. The van der Waals surface area contributed by atoms with Gasteiger partial charge in [-0.2, -0.15) is 0 Å². The molecule has 0 saturated heterocycles. The molecule has 0 aliphatic carbocycles. The molecular formula is C26H52Cl6O13S. The Balaban J connectivity index is -0.000000719. The van der Waals surface area contributed by atoms with E-state index in [1.54, 1.807) is 0 Å². The van der Waals surface area contributed by atoms with Crippen LogP contribution in [0.15, 0.2) is 0 Å². The average Bonchev–Trinajstić information content (AvgIpc) is 3.02. The first-order chi connectivity index (χ1) is 22.2. The summed E-state index contributed by atoms with van der Waals surface area (Å²) in [5, 5.41) is 35.2. The summed E-state index contributed by atoms with van der Waals surface area (Å²) in [6.45, 7) is 4.82. The van der Waals surface area contributed by atoms with Crippen LogP contribution in [0.5, 0.6) is 0 Å². The topological polar surface area (TPSA) is 172 Å². The molecule has 0 aromatic heterocycles. The Labute approximate surface area is 304 Å². The lowest BCUT2D eigenvalue weighted by Gasteiger charge is -2.32. The maximum Gasteiger partial charge on any atom is 0.211 e. The maximum absolute atomic E-state index is 9.09. The highest BCUT2D eigenvalue weighted by Gasteiger charge is 2.33. The van der Waals surface area contributed by atoms with Gasteiger partial charge in [-0.25, -0.2) is 4.21 Å². The number of hydrogen-bond donors (Lipinski definition) is 4. The summed E-state index contributed by atoms with van der Waals surface area (Å²) < 4.78 is 52.8. The zero-order valence-corrected chi connectivity index (χ0v) is 31.5. The Bertz CT molecular complexity index is 486. The Morgan fingerprint density at radius 2 is 0.543 bits per heavy atom. The predicted molar refractivity (Wildman–Crippen MR) is 182 cm³/mol. The Morgan fingerprint density at radius 3 is 0.674 bits per heavy atom. The predicted octanol–water partition coefficient (Wildman–Crippen LogP) is 2.05. The van der Waals surface area contributed by atoms with Crippen molar-refractivity contribution in [2.24, 2.45) is 10.8 Å². The second-order valence-corrected chi connectivity index (χ2v) is 13.3. The van der Waals surface area contributed by atoms with Crippen LogP contribution in [0, 0.1) is 10.8 Å². The van der Waals surface area contributed by atoms with E-state index >= 15 is 0 Å². The van der Waals surface area contributed by atoms with Gasteiger partial charge in [-0.05, 0) is 0 Å². The number of hydrogen-bond acceptors (Lipinski definition) is 13. The molecule has 0 heterocycles. The van der Waals surface area contributed by atoms with Crippen molar-refractivity contribution >= 4 is 77.0 Å². The van der Waals surface area contributed by atoms with Crippen LogP contribution in [0.1, 0.15) is 0 Å². The lowest BCUT2D eigenvalue weighted by Crippen LogP contribution is -2.42. The third-order valence-electron chi connectivity index (χ3n) is 5.09. The van der Waals surface area contributed by atoms with Crippen LogP contribution < -0.4 is 0 Å². The quantitative estimate of drug-likeness (QED) is 0.0443. The van der Waals surface area contributed by atoms with E-state index in [4.69, 9.17) is 109 Å². The zero-order valence-electron chi connectivity index (χ0n) is 26.1. The highest BCUT2D eigenvalue weighted by atomic mass is 36.0. The van der Waals surface area contributed by atoms with Gasteiger partial charge in [0.1, 0.15) is 0 Å². The van der Waals surface area contributed by atoms with Gasteiger partial charge in [-0.3, -0.25) is 0 Å². The standard InChI is InChI=1S/C13H24Cl4O4.C13H28O8.Cl2OS/c2*14-1-5-18-9-13(10-19-6-2-15,11-20-7-3-16)12-21-8-4-17;1-4(2)3/h1-12H2;14-17H,1-12H2;. The van der Waals surface area contributed by atoms with Crippen molar-refractivity contribution in [1.29, 1.82) is 0 Å². The molecule has 13 nitrogen and oxygen atoms in total. The lowest BCUT2D eigenvalue weighted by molar-refractivity contribution is -0.115. The van der Waals surface area contributed by atoms with Gasteiger partial charge in [-0.15, -0.1) is 46.4 Å². The van der Waals surface area contributed by atoms with Crippen LogP contribution in [-0.2, 0) is 47.1 Å². The first-order valence-electron chi connectivity index (χ1n) is 14.3. The number of aliphatic hydroxyl groups is 4. The molecule has 20 heteroatoms. The number of ether oxygens (including phenoxy) is 8. The summed E-state index contributed by atoms with van der Waals surface area (Å²) in [5.41, 5.74) is -1.05. The van der Waals surface area contributed by atoms with E-state index in [0.717, 1.165) is 0 Å². The Hall–Kier alpha value is 1.41. The third kappa shape index (κ3) is 36.7. The van der Waals surface area contributed by atoms with Gasteiger partial charge in [0.25, 0.3) is 0 Å². The number of aliphatic hydroxyl groups excluding tert-OH is 4. The van der Waals surface area contributed by atoms with E-state index < -0.39 is 20.1 Å². The minimum Gasteiger partial charge on any atom is -0.394 e.